The lowest BCUT2D eigenvalue weighted by atomic mass is 9.93. The van der Waals surface area contributed by atoms with Crippen molar-refractivity contribution < 1.29 is 42.9 Å². The van der Waals surface area contributed by atoms with E-state index in [0.29, 0.717) is 53.1 Å². The van der Waals surface area contributed by atoms with Crippen LogP contribution < -0.4 is 28.4 Å². The van der Waals surface area contributed by atoms with Crippen molar-refractivity contribution in [2.75, 3.05) is 0 Å². The van der Waals surface area contributed by atoms with Gasteiger partial charge in [-0.05, 0) is 46.0 Å². The van der Waals surface area contributed by atoms with Crippen LogP contribution in [-0.2, 0) is 44.2 Å². The third kappa shape index (κ3) is 11.4. The highest BCUT2D eigenvalue weighted by Gasteiger charge is 2.38. The Kier molecular flexibility index (Phi) is 14.2. The number of fused-ring (bicyclic) bond motifs is 1. The third-order valence-corrected chi connectivity index (χ3v) is 11.3. The van der Waals surface area contributed by atoms with Gasteiger partial charge in [0.2, 0.25) is 0 Å². The molecule has 11 heteroatoms. The molecule has 8 aromatic rings. The zero-order valence-corrected chi connectivity index (χ0v) is 37.0. The van der Waals surface area contributed by atoms with Gasteiger partial charge < -0.3 is 33.2 Å². The molecule has 0 bridgehead atoms. The molecule has 8 aromatic carbocycles. The molecule has 1 aliphatic rings. The molecular weight excluding hydrogens is 859 g/mol. The third-order valence-electron chi connectivity index (χ3n) is 11.3. The van der Waals surface area contributed by atoms with Gasteiger partial charge in [-0.1, -0.05) is 158 Å². The SMILES string of the molecule is O=C(O[C@H]1Cc2c(OCc3ccccc3)cc(OCc3ccccc3)cc2O[C@@H]1c1ccc(OCc2ccccc2)c(OCc2ccccc2)c1)c1ccc([N+](=O)[O-])c(OCc2ccccc2)c1. The minimum atomic E-state index is -0.938. The standard InChI is InChI=1S/C57H47NO10/c59-57(46-26-28-49(58(60)61)53(31-46)65-38-43-22-12-4-13-23-43)68-55-34-48-51(64-37-42-20-10-3-11-21-42)32-47(62-35-40-16-6-1-7-17-40)33-52(48)67-56(55)45-27-29-50(63-36-41-18-8-2-9-19-41)54(30-45)66-39-44-24-14-5-15-25-44/h1-33,55-56H,34-39H2/t55-,56+/m0/s1. The molecule has 0 aliphatic carbocycles. The Balaban J connectivity index is 1.08. The average molecular weight is 906 g/mol. The predicted molar refractivity (Wildman–Crippen MR) is 256 cm³/mol. The number of hydrogen-bond donors (Lipinski definition) is 0. The molecule has 1 aliphatic heterocycles. The molecule has 0 fully saturated rings. The van der Waals surface area contributed by atoms with Gasteiger partial charge in [0.15, 0.2) is 23.4 Å². The number of hydrogen-bond acceptors (Lipinski definition) is 10. The Morgan fingerprint density at radius 1 is 0.500 bits per heavy atom. The van der Waals surface area contributed by atoms with Crippen LogP contribution in [0.1, 0.15) is 55.4 Å². The normalized spacial score (nSPS) is 13.8. The number of esters is 1. The highest BCUT2D eigenvalue weighted by molar-refractivity contribution is 5.90. The zero-order valence-electron chi connectivity index (χ0n) is 37.0. The number of carbonyl (C=O) groups is 1. The molecule has 2 atom stereocenters. The Morgan fingerprint density at radius 3 is 1.49 bits per heavy atom. The number of rotatable bonds is 19. The quantitative estimate of drug-likeness (QED) is 0.0440. The average Bonchev–Trinajstić information content (AvgIpc) is 3.39. The number of benzene rings is 8. The second-order valence-corrected chi connectivity index (χ2v) is 16.1. The first kappa shape index (κ1) is 44.6. The van der Waals surface area contributed by atoms with E-state index >= 15 is 0 Å². The van der Waals surface area contributed by atoms with Crippen molar-refractivity contribution in [3.8, 4) is 34.5 Å². The Hall–Kier alpha value is -8.57. The van der Waals surface area contributed by atoms with Gasteiger partial charge in [0, 0.05) is 41.8 Å². The maximum absolute atomic E-state index is 14.4. The smallest absolute Gasteiger partial charge is 0.338 e. The van der Waals surface area contributed by atoms with Crippen LogP contribution in [0.2, 0.25) is 0 Å². The second kappa shape index (κ2) is 21.6. The van der Waals surface area contributed by atoms with Crippen LogP contribution in [-0.4, -0.2) is 17.0 Å². The molecular formula is C57H47NO10. The minimum Gasteiger partial charge on any atom is -0.489 e. The van der Waals surface area contributed by atoms with Gasteiger partial charge >= 0.3 is 11.7 Å². The van der Waals surface area contributed by atoms with E-state index in [0.717, 1.165) is 27.8 Å². The van der Waals surface area contributed by atoms with E-state index in [4.69, 9.17) is 33.2 Å². The van der Waals surface area contributed by atoms with Crippen molar-refractivity contribution in [1.29, 1.82) is 0 Å². The van der Waals surface area contributed by atoms with Crippen LogP contribution in [0, 0.1) is 10.1 Å². The summed E-state index contributed by atoms with van der Waals surface area (Å²) in [5.74, 6) is 1.68. The Bertz CT molecular complexity index is 2940. The predicted octanol–water partition coefficient (Wildman–Crippen LogP) is 12.4. The summed E-state index contributed by atoms with van der Waals surface area (Å²) in [6.07, 6.45) is -1.65. The lowest BCUT2D eigenvalue weighted by Crippen LogP contribution is -2.35. The van der Waals surface area contributed by atoms with Gasteiger partial charge in [0.05, 0.1) is 10.5 Å². The molecule has 0 spiro atoms. The number of nitro groups is 1. The molecule has 340 valence electrons. The fraction of sp³-hybridized carbons (Fsp3) is 0.140. The van der Waals surface area contributed by atoms with Crippen LogP contribution in [0.25, 0.3) is 0 Å². The Labute approximate surface area is 394 Å². The van der Waals surface area contributed by atoms with Gasteiger partial charge in [0.1, 0.15) is 56.4 Å². The fourth-order valence-electron chi connectivity index (χ4n) is 7.75. The molecule has 0 radical (unpaired) electrons. The van der Waals surface area contributed by atoms with E-state index in [9.17, 15) is 14.9 Å². The van der Waals surface area contributed by atoms with E-state index < -0.39 is 23.1 Å². The molecule has 0 unspecified atom stereocenters. The summed E-state index contributed by atoms with van der Waals surface area (Å²) in [5, 5.41) is 12.1. The highest BCUT2D eigenvalue weighted by atomic mass is 16.6. The maximum atomic E-state index is 14.4. The molecule has 0 aromatic heterocycles. The maximum Gasteiger partial charge on any atom is 0.338 e. The van der Waals surface area contributed by atoms with Crippen molar-refractivity contribution in [3.05, 3.63) is 255 Å². The van der Waals surface area contributed by atoms with Gasteiger partial charge in [0.25, 0.3) is 0 Å². The highest BCUT2D eigenvalue weighted by Crippen LogP contribution is 2.46. The second-order valence-electron chi connectivity index (χ2n) is 16.1. The van der Waals surface area contributed by atoms with Crippen LogP contribution in [0.4, 0.5) is 5.69 Å². The van der Waals surface area contributed by atoms with E-state index in [1.54, 1.807) is 0 Å². The van der Waals surface area contributed by atoms with Gasteiger partial charge in [-0.15, -0.1) is 0 Å². The number of ether oxygens (including phenoxy) is 7. The summed E-state index contributed by atoms with van der Waals surface area (Å²) in [7, 11) is 0. The van der Waals surface area contributed by atoms with Crippen LogP contribution in [0.3, 0.4) is 0 Å². The summed E-state index contributed by atoms with van der Waals surface area (Å²) in [4.78, 5) is 25.9. The summed E-state index contributed by atoms with van der Waals surface area (Å²) in [6, 6.07) is 61.7. The first-order valence-electron chi connectivity index (χ1n) is 22.2. The molecule has 0 saturated carbocycles. The first-order chi connectivity index (χ1) is 33.4. The van der Waals surface area contributed by atoms with Crippen molar-refractivity contribution in [2.45, 2.75) is 51.7 Å². The summed E-state index contributed by atoms with van der Waals surface area (Å²) in [5.41, 5.74) is 5.78. The van der Waals surface area contributed by atoms with Gasteiger partial charge in [-0.2, -0.15) is 0 Å². The molecule has 0 saturated heterocycles. The lowest BCUT2D eigenvalue weighted by Gasteiger charge is -2.35. The van der Waals surface area contributed by atoms with Crippen molar-refractivity contribution in [1.82, 2.24) is 0 Å². The zero-order chi connectivity index (χ0) is 46.5. The number of nitrogens with zero attached hydrogens (tertiary/aromatic N) is 1. The van der Waals surface area contributed by atoms with E-state index in [2.05, 4.69) is 0 Å². The molecule has 11 nitrogen and oxygen atoms in total. The Morgan fingerprint density at radius 2 is 0.971 bits per heavy atom. The number of carbonyl (C=O) groups excluding carboxylic acids is 1. The fourth-order valence-corrected chi connectivity index (χ4v) is 7.75. The van der Waals surface area contributed by atoms with Gasteiger partial charge in [-0.3, -0.25) is 10.1 Å². The topological polar surface area (TPSA) is 125 Å². The van der Waals surface area contributed by atoms with Crippen LogP contribution in [0.15, 0.2) is 200 Å². The van der Waals surface area contributed by atoms with E-state index in [1.165, 1.54) is 18.2 Å². The lowest BCUT2D eigenvalue weighted by molar-refractivity contribution is -0.385. The van der Waals surface area contributed by atoms with Crippen LogP contribution in [0.5, 0.6) is 34.5 Å². The minimum absolute atomic E-state index is 0.0536. The van der Waals surface area contributed by atoms with Gasteiger partial charge in [-0.25, -0.2) is 4.79 Å². The molecule has 9 rings (SSSR count). The molecule has 1 heterocycles. The van der Waals surface area contributed by atoms with Crippen LogP contribution >= 0.6 is 0 Å². The molecule has 68 heavy (non-hydrogen) atoms. The first-order valence-corrected chi connectivity index (χ1v) is 22.2. The van der Waals surface area contributed by atoms with Crippen molar-refractivity contribution in [3.63, 3.8) is 0 Å². The molecule has 0 amide bonds. The molecule has 0 N–H and O–H groups in total. The number of nitro benzene ring substituents is 1. The van der Waals surface area contributed by atoms with E-state index in [-0.39, 0.29) is 43.2 Å². The largest absolute Gasteiger partial charge is 0.489 e. The monoisotopic (exact) mass is 905 g/mol. The van der Waals surface area contributed by atoms with Crippen molar-refractivity contribution >= 4 is 11.7 Å². The summed E-state index contributed by atoms with van der Waals surface area (Å²) < 4.78 is 45.1. The summed E-state index contributed by atoms with van der Waals surface area (Å²) >= 11 is 0. The van der Waals surface area contributed by atoms with Crippen molar-refractivity contribution in [2.24, 2.45) is 0 Å². The summed E-state index contributed by atoms with van der Waals surface area (Å²) in [6.45, 7) is 1.18. The van der Waals surface area contributed by atoms with E-state index in [1.807, 2.05) is 182 Å².